The minimum atomic E-state index is -0.844. The molecule has 5 rings (SSSR count). The van der Waals surface area contributed by atoms with Crippen LogP contribution in [0, 0.1) is 17.0 Å². The standard InChI is InChI=1S/C22H20ClF2N5O2/c23-15-10-13(24)11-16(25)19(15)29-9-7-22(21(29)32)5-3-14(4-6-22)28-20(31)17-12-26-18-2-1-8-27-30(17)18/h1-2,8,10-12,14H,3-7,9H2,(H,28,31). The minimum absolute atomic E-state index is 0.0644. The van der Waals surface area contributed by atoms with Crippen LogP contribution < -0.4 is 10.2 Å². The number of benzene rings is 1. The van der Waals surface area contributed by atoms with Gasteiger partial charge in [0.15, 0.2) is 11.5 Å². The molecule has 1 aromatic carbocycles. The van der Waals surface area contributed by atoms with Crippen LogP contribution in [0.5, 0.6) is 0 Å². The van der Waals surface area contributed by atoms with Gasteiger partial charge < -0.3 is 10.2 Å². The van der Waals surface area contributed by atoms with Gasteiger partial charge in [0.25, 0.3) is 5.91 Å². The van der Waals surface area contributed by atoms with Crippen LogP contribution in [0.4, 0.5) is 14.5 Å². The van der Waals surface area contributed by atoms with Crippen molar-refractivity contribution in [3.63, 3.8) is 0 Å². The molecule has 1 aliphatic carbocycles. The van der Waals surface area contributed by atoms with E-state index in [4.69, 9.17) is 11.6 Å². The largest absolute Gasteiger partial charge is 0.348 e. The molecular weight excluding hydrogens is 440 g/mol. The molecule has 1 saturated carbocycles. The highest BCUT2D eigenvalue weighted by Gasteiger charge is 2.49. The smallest absolute Gasteiger partial charge is 0.271 e. The van der Waals surface area contributed by atoms with E-state index in [1.807, 2.05) is 0 Å². The molecule has 1 spiro atoms. The van der Waals surface area contributed by atoms with Crippen molar-refractivity contribution >= 4 is 34.7 Å². The quantitative estimate of drug-likeness (QED) is 0.647. The highest BCUT2D eigenvalue weighted by Crippen LogP contribution is 2.47. The lowest BCUT2D eigenvalue weighted by atomic mass is 9.71. The lowest BCUT2D eigenvalue weighted by molar-refractivity contribution is -0.127. The number of nitrogens with one attached hydrogen (secondary N) is 1. The Kier molecular flexibility index (Phi) is 5.08. The van der Waals surface area contributed by atoms with E-state index in [0.29, 0.717) is 50.0 Å². The Hall–Kier alpha value is -3.07. The highest BCUT2D eigenvalue weighted by atomic mass is 35.5. The third-order valence-electron chi connectivity index (χ3n) is 6.55. The van der Waals surface area contributed by atoms with Gasteiger partial charge in [0.2, 0.25) is 5.91 Å². The third-order valence-corrected chi connectivity index (χ3v) is 6.84. The second-order valence-corrected chi connectivity index (χ2v) is 8.80. The van der Waals surface area contributed by atoms with Crippen LogP contribution in [0.2, 0.25) is 5.02 Å². The van der Waals surface area contributed by atoms with E-state index in [1.54, 1.807) is 18.3 Å². The molecular formula is C22H20ClF2N5O2. The summed E-state index contributed by atoms with van der Waals surface area (Å²) >= 11 is 6.04. The molecule has 2 amide bonds. The molecule has 0 unspecified atom stereocenters. The van der Waals surface area contributed by atoms with Gasteiger partial charge in [0.1, 0.15) is 11.5 Å². The van der Waals surface area contributed by atoms with E-state index in [1.165, 1.54) is 15.6 Å². The molecule has 3 aromatic rings. The number of nitrogens with zero attached hydrogens (tertiary/aromatic N) is 4. The number of imidazole rings is 1. The van der Waals surface area contributed by atoms with Crippen molar-refractivity contribution in [2.45, 2.75) is 38.1 Å². The van der Waals surface area contributed by atoms with Crippen molar-refractivity contribution in [2.75, 3.05) is 11.4 Å². The van der Waals surface area contributed by atoms with E-state index in [2.05, 4.69) is 15.4 Å². The van der Waals surface area contributed by atoms with Crippen molar-refractivity contribution in [1.29, 1.82) is 0 Å². The highest BCUT2D eigenvalue weighted by molar-refractivity contribution is 6.34. The molecule has 7 nitrogen and oxygen atoms in total. The SMILES string of the molecule is O=C(NC1CCC2(CC1)CCN(c1c(F)cc(F)cc1Cl)C2=O)c1cnc2cccnn12. The summed E-state index contributed by atoms with van der Waals surface area (Å²) in [6.45, 7) is 0.325. The second kappa shape index (κ2) is 7.81. The first kappa shape index (κ1) is 20.8. The zero-order chi connectivity index (χ0) is 22.5. The van der Waals surface area contributed by atoms with Gasteiger partial charge in [-0.25, -0.2) is 18.3 Å². The van der Waals surface area contributed by atoms with Crippen LogP contribution in [0.25, 0.3) is 5.65 Å². The third kappa shape index (κ3) is 3.40. The molecule has 166 valence electrons. The first-order chi connectivity index (χ1) is 15.4. The molecule has 3 heterocycles. The van der Waals surface area contributed by atoms with Gasteiger partial charge in [-0.3, -0.25) is 9.59 Å². The van der Waals surface area contributed by atoms with Crippen LogP contribution in [0.1, 0.15) is 42.6 Å². The fourth-order valence-electron chi connectivity index (χ4n) is 4.85. The fourth-order valence-corrected chi connectivity index (χ4v) is 5.14. The van der Waals surface area contributed by atoms with E-state index in [-0.39, 0.29) is 28.6 Å². The lowest BCUT2D eigenvalue weighted by Gasteiger charge is -2.36. The molecule has 10 heteroatoms. The zero-order valence-corrected chi connectivity index (χ0v) is 17.8. The van der Waals surface area contributed by atoms with Crippen LogP contribution in [0.15, 0.2) is 36.7 Å². The zero-order valence-electron chi connectivity index (χ0n) is 17.0. The van der Waals surface area contributed by atoms with Crippen LogP contribution in [-0.2, 0) is 4.79 Å². The number of carbonyl (C=O) groups excluding carboxylic acids is 2. The average Bonchev–Trinajstić information content (AvgIpc) is 3.32. The maximum absolute atomic E-state index is 14.4. The molecule has 1 N–H and O–H groups in total. The van der Waals surface area contributed by atoms with Crippen LogP contribution in [0.3, 0.4) is 0 Å². The molecule has 0 bridgehead atoms. The monoisotopic (exact) mass is 459 g/mol. The van der Waals surface area contributed by atoms with Gasteiger partial charge in [0.05, 0.1) is 22.3 Å². The minimum Gasteiger partial charge on any atom is -0.348 e. The van der Waals surface area contributed by atoms with Gasteiger partial charge in [0, 0.05) is 24.8 Å². The van der Waals surface area contributed by atoms with E-state index in [9.17, 15) is 18.4 Å². The average molecular weight is 460 g/mol. The van der Waals surface area contributed by atoms with Gasteiger partial charge >= 0.3 is 0 Å². The first-order valence-electron chi connectivity index (χ1n) is 10.4. The molecule has 32 heavy (non-hydrogen) atoms. The molecule has 1 saturated heterocycles. The van der Waals surface area contributed by atoms with Crippen LogP contribution >= 0.6 is 11.6 Å². The van der Waals surface area contributed by atoms with Crippen molar-refractivity contribution in [3.05, 3.63) is 59.0 Å². The van der Waals surface area contributed by atoms with Crippen molar-refractivity contribution in [3.8, 4) is 0 Å². The number of halogens is 3. The lowest BCUT2D eigenvalue weighted by Crippen LogP contribution is -2.44. The number of carbonyl (C=O) groups is 2. The predicted octanol–water partition coefficient (Wildman–Crippen LogP) is 3.76. The van der Waals surface area contributed by atoms with Gasteiger partial charge in [-0.15, -0.1) is 0 Å². The Morgan fingerprint density at radius 2 is 2.00 bits per heavy atom. The number of rotatable bonds is 3. The Balaban J connectivity index is 1.26. The summed E-state index contributed by atoms with van der Waals surface area (Å²) in [6.07, 6.45) is 6.02. The maximum atomic E-state index is 14.4. The summed E-state index contributed by atoms with van der Waals surface area (Å²) in [6, 6.07) is 5.18. The number of hydrogen-bond acceptors (Lipinski definition) is 4. The summed E-state index contributed by atoms with van der Waals surface area (Å²) in [5.74, 6) is -2.09. The Labute approximate surface area is 187 Å². The van der Waals surface area contributed by atoms with Crippen molar-refractivity contribution in [2.24, 2.45) is 5.41 Å². The fraction of sp³-hybridized carbons (Fsp3) is 0.364. The Morgan fingerprint density at radius 1 is 1.22 bits per heavy atom. The topological polar surface area (TPSA) is 79.6 Å². The van der Waals surface area contributed by atoms with Crippen molar-refractivity contribution in [1.82, 2.24) is 19.9 Å². The Bertz CT molecular complexity index is 1200. The van der Waals surface area contributed by atoms with Gasteiger partial charge in [-0.05, 0) is 50.3 Å². The number of hydrogen-bond donors (Lipinski definition) is 1. The number of aromatic nitrogens is 3. The van der Waals surface area contributed by atoms with Crippen molar-refractivity contribution < 1.29 is 18.4 Å². The van der Waals surface area contributed by atoms with E-state index in [0.717, 1.165) is 12.1 Å². The van der Waals surface area contributed by atoms with Gasteiger partial charge in [-0.1, -0.05) is 11.6 Å². The second-order valence-electron chi connectivity index (χ2n) is 8.39. The number of amides is 2. The van der Waals surface area contributed by atoms with Gasteiger partial charge in [-0.2, -0.15) is 5.10 Å². The number of anilines is 1. The van der Waals surface area contributed by atoms with E-state index < -0.39 is 17.0 Å². The maximum Gasteiger partial charge on any atom is 0.271 e. The Morgan fingerprint density at radius 3 is 2.75 bits per heavy atom. The molecule has 0 atom stereocenters. The molecule has 2 fully saturated rings. The van der Waals surface area contributed by atoms with Crippen LogP contribution in [-0.4, -0.2) is 39.0 Å². The summed E-state index contributed by atoms with van der Waals surface area (Å²) in [5, 5.41) is 7.06. The molecule has 2 aromatic heterocycles. The summed E-state index contributed by atoms with van der Waals surface area (Å²) in [5.41, 5.74) is 0.260. The first-order valence-corrected chi connectivity index (χ1v) is 10.8. The number of fused-ring (bicyclic) bond motifs is 1. The molecule has 2 aliphatic rings. The summed E-state index contributed by atoms with van der Waals surface area (Å²) < 4.78 is 29.3. The summed E-state index contributed by atoms with van der Waals surface area (Å²) in [4.78, 5) is 31.5. The summed E-state index contributed by atoms with van der Waals surface area (Å²) in [7, 11) is 0. The molecule has 1 aliphatic heterocycles. The van der Waals surface area contributed by atoms with E-state index >= 15 is 0 Å². The molecule has 0 radical (unpaired) electrons. The normalized spacial score (nSPS) is 23.3. The predicted molar refractivity (Wildman–Crippen MR) is 113 cm³/mol.